The number of hydrogen-bond acceptors (Lipinski definition) is 5. The highest BCUT2D eigenvalue weighted by atomic mass is 16.1. The summed E-state index contributed by atoms with van der Waals surface area (Å²) in [6.07, 6.45) is 10.1. The standard InChI is InChI=1S/C23H30N6O/c1-23(2,3)20-13-21(30)28(15-25-20)14-16-6-9-27(10-7-16)22-19-12-18(17-4-5-17)26-29(19)11-8-24-22/h8,11-13,15-17H,4-7,9-10,14H2,1-3H3. The van der Waals surface area contributed by atoms with Gasteiger partial charge >= 0.3 is 0 Å². The first-order valence-electron chi connectivity index (χ1n) is 11.0. The second kappa shape index (κ2) is 7.22. The van der Waals surface area contributed by atoms with Crippen molar-refractivity contribution in [1.29, 1.82) is 0 Å². The number of fused-ring (bicyclic) bond motifs is 1. The molecule has 2 fully saturated rings. The minimum absolute atomic E-state index is 0.0515. The van der Waals surface area contributed by atoms with Crippen LogP contribution in [0.15, 0.2) is 35.6 Å². The van der Waals surface area contributed by atoms with Gasteiger partial charge in [-0.2, -0.15) is 5.10 Å². The van der Waals surface area contributed by atoms with Gasteiger partial charge in [0.25, 0.3) is 5.56 Å². The van der Waals surface area contributed by atoms with E-state index in [1.807, 2.05) is 16.9 Å². The fourth-order valence-corrected chi connectivity index (χ4v) is 4.33. The van der Waals surface area contributed by atoms with Crippen LogP contribution in [0.2, 0.25) is 0 Å². The van der Waals surface area contributed by atoms with Crippen LogP contribution in [0, 0.1) is 5.92 Å². The third kappa shape index (κ3) is 3.73. The molecule has 3 aromatic rings. The average Bonchev–Trinajstić information content (AvgIpc) is 3.47. The van der Waals surface area contributed by atoms with E-state index in [1.54, 1.807) is 17.0 Å². The van der Waals surface area contributed by atoms with Gasteiger partial charge in [0.2, 0.25) is 0 Å². The molecule has 7 heteroatoms. The number of aromatic nitrogens is 5. The van der Waals surface area contributed by atoms with Gasteiger partial charge in [0.1, 0.15) is 5.52 Å². The van der Waals surface area contributed by atoms with Crippen molar-refractivity contribution in [3.63, 3.8) is 0 Å². The van der Waals surface area contributed by atoms with Crippen LogP contribution in [0.25, 0.3) is 5.52 Å². The maximum Gasteiger partial charge on any atom is 0.253 e. The van der Waals surface area contributed by atoms with Crippen LogP contribution in [0.1, 0.15) is 63.8 Å². The van der Waals surface area contributed by atoms with Crippen molar-refractivity contribution < 1.29 is 0 Å². The fraction of sp³-hybridized carbons (Fsp3) is 0.565. The highest BCUT2D eigenvalue weighted by molar-refractivity contribution is 5.69. The van der Waals surface area contributed by atoms with E-state index in [-0.39, 0.29) is 11.0 Å². The van der Waals surface area contributed by atoms with Gasteiger partial charge in [-0.15, -0.1) is 0 Å². The summed E-state index contributed by atoms with van der Waals surface area (Å²) < 4.78 is 3.75. The maximum atomic E-state index is 12.5. The molecule has 158 valence electrons. The van der Waals surface area contributed by atoms with Gasteiger partial charge in [-0.05, 0) is 37.7 Å². The summed E-state index contributed by atoms with van der Waals surface area (Å²) in [7, 11) is 0. The van der Waals surface area contributed by atoms with Crippen LogP contribution in [0.4, 0.5) is 5.82 Å². The molecule has 0 atom stereocenters. The molecule has 4 heterocycles. The molecule has 0 N–H and O–H groups in total. The SMILES string of the molecule is CC(C)(C)c1cc(=O)n(CC2CCN(c3nccn4nc(C5CC5)cc34)CC2)cn1. The van der Waals surface area contributed by atoms with Crippen LogP contribution < -0.4 is 10.5 Å². The van der Waals surface area contributed by atoms with Gasteiger partial charge in [-0.1, -0.05) is 20.8 Å². The van der Waals surface area contributed by atoms with Crippen molar-refractivity contribution in [2.75, 3.05) is 18.0 Å². The van der Waals surface area contributed by atoms with E-state index in [4.69, 9.17) is 5.10 Å². The first-order valence-corrected chi connectivity index (χ1v) is 11.0. The lowest BCUT2D eigenvalue weighted by atomic mass is 9.92. The Morgan fingerprint density at radius 1 is 1.07 bits per heavy atom. The lowest BCUT2D eigenvalue weighted by Gasteiger charge is -2.33. The Labute approximate surface area is 176 Å². The van der Waals surface area contributed by atoms with Crippen LogP contribution in [-0.2, 0) is 12.0 Å². The smallest absolute Gasteiger partial charge is 0.253 e. The fourth-order valence-electron chi connectivity index (χ4n) is 4.33. The topological polar surface area (TPSA) is 68.3 Å². The molecule has 0 spiro atoms. The van der Waals surface area contributed by atoms with Gasteiger partial charge in [-0.3, -0.25) is 9.36 Å². The predicted octanol–water partition coefficient (Wildman–Crippen LogP) is 3.38. The average molecular weight is 407 g/mol. The Kier molecular flexibility index (Phi) is 4.64. The van der Waals surface area contributed by atoms with Crippen LogP contribution in [-0.4, -0.2) is 37.2 Å². The van der Waals surface area contributed by atoms with E-state index in [0.29, 0.717) is 11.8 Å². The van der Waals surface area contributed by atoms with Gasteiger partial charge < -0.3 is 4.90 Å². The van der Waals surface area contributed by atoms with Gasteiger partial charge in [-0.25, -0.2) is 14.5 Å². The van der Waals surface area contributed by atoms with Gasteiger partial charge in [0.05, 0.1) is 17.7 Å². The number of nitrogens with zero attached hydrogens (tertiary/aromatic N) is 6. The zero-order valence-electron chi connectivity index (χ0n) is 18.1. The molecule has 0 bridgehead atoms. The molecule has 1 saturated heterocycles. The Bertz CT molecular complexity index is 1110. The van der Waals surface area contributed by atoms with Crippen molar-refractivity contribution in [2.45, 2.75) is 64.3 Å². The molecule has 2 aliphatic rings. The van der Waals surface area contributed by atoms with Gasteiger partial charge in [0, 0.05) is 49.4 Å². The molecule has 0 unspecified atom stereocenters. The molecule has 0 amide bonds. The highest BCUT2D eigenvalue weighted by Crippen LogP contribution is 2.40. The van der Waals surface area contributed by atoms with Crippen LogP contribution in [0.3, 0.4) is 0 Å². The van der Waals surface area contributed by atoms with Crippen molar-refractivity contribution in [3.05, 3.63) is 52.6 Å². The second-order valence-corrected chi connectivity index (χ2v) is 9.87. The normalized spacial score (nSPS) is 18.3. The number of hydrogen-bond donors (Lipinski definition) is 0. The molecular weight excluding hydrogens is 376 g/mol. The Morgan fingerprint density at radius 3 is 2.50 bits per heavy atom. The summed E-state index contributed by atoms with van der Waals surface area (Å²) in [4.78, 5) is 24.1. The summed E-state index contributed by atoms with van der Waals surface area (Å²) in [6.45, 7) is 8.88. The molecule has 1 aliphatic heterocycles. The minimum atomic E-state index is -0.106. The zero-order valence-corrected chi connectivity index (χ0v) is 18.1. The molecule has 1 aliphatic carbocycles. The first-order chi connectivity index (χ1) is 14.4. The van der Waals surface area contributed by atoms with Crippen LogP contribution >= 0.6 is 0 Å². The first kappa shape index (κ1) is 19.3. The van der Waals surface area contributed by atoms with Crippen molar-refractivity contribution in [1.82, 2.24) is 24.1 Å². The minimum Gasteiger partial charge on any atom is -0.355 e. The largest absolute Gasteiger partial charge is 0.355 e. The molecule has 7 nitrogen and oxygen atoms in total. The number of piperidine rings is 1. The molecule has 3 aromatic heterocycles. The summed E-state index contributed by atoms with van der Waals surface area (Å²) in [6, 6.07) is 3.91. The molecule has 1 saturated carbocycles. The van der Waals surface area contributed by atoms with Crippen molar-refractivity contribution in [2.24, 2.45) is 5.92 Å². The van der Waals surface area contributed by atoms with E-state index >= 15 is 0 Å². The Morgan fingerprint density at radius 2 is 1.83 bits per heavy atom. The van der Waals surface area contributed by atoms with E-state index in [9.17, 15) is 4.79 Å². The van der Waals surface area contributed by atoms with Gasteiger partial charge in [0.15, 0.2) is 5.82 Å². The molecular formula is C23H30N6O. The van der Waals surface area contributed by atoms with Crippen molar-refractivity contribution >= 4 is 11.3 Å². The molecule has 30 heavy (non-hydrogen) atoms. The van der Waals surface area contributed by atoms with E-state index < -0.39 is 0 Å². The maximum absolute atomic E-state index is 12.5. The third-order valence-corrected chi connectivity index (χ3v) is 6.40. The monoisotopic (exact) mass is 406 g/mol. The summed E-state index contributed by atoms with van der Waals surface area (Å²) in [5.74, 6) is 2.15. The number of anilines is 1. The summed E-state index contributed by atoms with van der Waals surface area (Å²) >= 11 is 0. The Hall–Kier alpha value is -2.70. The summed E-state index contributed by atoms with van der Waals surface area (Å²) in [5, 5.41) is 4.74. The second-order valence-electron chi connectivity index (χ2n) is 9.87. The lowest BCUT2D eigenvalue weighted by molar-refractivity contribution is 0.349. The molecule has 0 radical (unpaired) electrons. The van der Waals surface area contributed by atoms with E-state index in [0.717, 1.165) is 49.5 Å². The Balaban J connectivity index is 1.27. The molecule has 5 rings (SSSR count). The zero-order chi connectivity index (χ0) is 20.9. The number of rotatable bonds is 4. The van der Waals surface area contributed by atoms with Crippen LogP contribution in [0.5, 0.6) is 0 Å². The molecule has 0 aromatic carbocycles. The van der Waals surface area contributed by atoms with E-state index in [1.165, 1.54) is 18.5 Å². The lowest BCUT2D eigenvalue weighted by Crippen LogP contribution is -2.37. The quantitative estimate of drug-likeness (QED) is 0.664. The summed E-state index contributed by atoms with van der Waals surface area (Å²) in [5.41, 5.74) is 3.10. The highest BCUT2D eigenvalue weighted by Gasteiger charge is 2.28. The van der Waals surface area contributed by atoms with Crippen molar-refractivity contribution in [3.8, 4) is 0 Å². The third-order valence-electron chi connectivity index (χ3n) is 6.40. The predicted molar refractivity (Wildman–Crippen MR) is 117 cm³/mol. The van der Waals surface area contributed by atoms with E-state index in [2.05, 4.69) is 41.7 Å².